The van der Waals surface area contributed by atoms with Gasteiger partial charge in [0, 0.05) is 18.8 Å². The maximum atomic E-state index is 12.6. The lowest BCUT2D eigenvalue weighted by atomic mass is 10.2. The summed E-state index contributed by atoms with van der Waals surface area (Å²) >= 11 is 0. The second kappa shape index (κ2) is 10.2. The van der Waals surface area contributed by atoms with Crippen LogP contribution in [0.1, 0.15) is 25.8 Å². The van der Waals surface area contributed by atoms with Crippen molar-refractivity contribution in [2.45, 2.75) is 32.9 Å². The van der Waals surface area contributed by atoms with Crippen LogP contribution in [0, 0.1) is 0 Å². The van der Waals surface area contributed by atoms with Crippen molar-refractivity contribution in [3.8, 4) is 0 Å². The van der Waals surface area contributed by atoms with Crippen molar-refractivity contribution in [3.05, 3.63) is 66.2 Å². The van der Waals surface area contributed by atoms with Crippen LogP contribution in [-0.2, 0) is 16.1 Å². The molecule has 0 radical (unpaired) electrons. The second-order valence-corrected chi connectivity index (χ2v) is 6.10. The zero-order valence-electron chi connectivity index (χ0n) is 15.4. The van der Waals surface area contributed by atoms with Crippen LogP contribution in [0.25, 0.3) is 0 Å². The maximum absolute atomic E-state index is 12.6. The molecule has 0 aliphatic carbocycles. The van der Waals surface area contributed by atoms with Gasteiger partial charge >= 0.3 is 0 Å². The topological polar surface area (TPSA) is 61.4 Å². The summed E-state index contributed by atoms with van der Waals surface area (Å²) in [4.78, 5) is 26.6. The fraction of sp³-hybridized carbons (Fsp3) is 0.333. The van der Waals surface area contributed by atoms with Crippen LogP contribution >= 0.6 is 0 Å². The van der Waals surface area contributed by atoms with Gasteiger partial charge in [0.05, 0.1) is 6.54 Å². The third kappa shape index (κ3) is 5.92. The molecule has 2 amide bonds. The first-order valence-electron chi connectivity index (χ1n) is 9.05. The van der Waals surface area contributed by atoms with Crippen molar-refractivity contribution in [2.24, 2.45) is 0 Å². The Kier molecular flexibility index (Phi) is 7.68. The van der Waals surface area contributed by atoms with Gasteiger partial charge in [-0.3, -0.25) is 9.59 Å². The van der Waals surface area contributed by atoms with Crippen molar-refractivity contribution in [1.29, 1.82) is 0 Å². The molecule has 2 aromatic rings. The minimum absolute atomic E-state index is 0.141. The van der Waals surface area contributed by atoms with E-state index in [-0.39, 0.29) is 18.4 Å². The third-order valence-electron chi connectivity index (χ3n) is 4.08. The number of anilines is 1. The normalized spacial score (nSPS) is 11.5. The number of benzene rings is 2. The Morgan fingerprint density at radius 1 is 0.962 bits per heavy atom. The highest BCUT2D eigenvalue weighted by molar-refractivity contribution is 5.89. The van der Waals surface area contributed by atoms with E-state index in [4.69, 9.17) is 0 Å². The molecule has 0 saturated carbocycles. The average molecular weight is 353 g/mol. The van der Waals surface area contributed by atoms with Gasteiger partial charge < -0.3 is 15.5 Å². The van der Waals surface area contributed by atoms with E-state index in [1.807, 2.05) is 79.4 Å². The largest absolute Gasteiger partial charge is 0.358 e. The number of amides is 2. The second-order valence-electron chi connectivity index (χ2n) is 6.10. The van der Waals surface area contributed by atoms with E-state index in [2.05, 4.69) is 10.6 Å². The van der Waals surface area contributed by atoms with E-state index in [1.165, 1.54) is 0 Å². The molecule has 0 aliphatic heterocycles. The van der Waals surface area contributed by atoms with Gasteiger partial charge in [0.1, 0.15) is 6.04 Å². The fourth-order valence-corrected chi connectivity index (χ4v) is 2.74. The molecule has 2 aromatic carbocycles. The molecule has 0 bridgehead atoms. The Balaban J connectivity index is 2.08. The lowest BCUT2D eigenvalue weighted by Gasteiger charge is -2.25. The van der Waals surface area contributed by atoms with Crippen LogP contribution in [-0.4, -0.2) is 30.9 Å². The molecule has 0 fully saturated rings. The summed E-state index contributed by atoms with van der Waals surface area (Å²) in [6.07, 6.45) is 0.557. The van der Waals surface area contributed by atoms with E-state index in [0.29, 0.717) is 19.5 Å². The number of likely N-dealkylation sites (N-methyl/N-ethyl adjacent to an activating group) is 1. The quantitative estimate of drug-likeness (QED) is 0.729. The number of hydrogen-bond acceptors (Lipinski definition) is 3. The van der Waals surface area contributed by atoms with Crippen molar-refractivity contribution in [3.63, 3.8) is 0 Å². The molecule has 0 heterocycles. The number of carbonyl (C=O) groups excluding carboxylic acids is 2. The van der Waals surface area contributed by atoms with E-state index < -0.39 is 6.04 Å². The van der Waals surface area contributed by atoms with E-state index >= 15 is 0 Å². The molecule has 0 aromatic heterocycles. The molecular weight excluding hydrogens is 326 g/mol. The molecule has 1 atom stereocenters. The van der Waals surface area contributed by atoms with Gasteiger partial charge in [-0.2, -0.15) is 0 Å². The standard InChI is InChI=1S/C21H27N3O2/c1-3-19(21(26)22-4-2)23-20(25)16-24(18-13-9-6-10-14-18)15-17-11-7-5-8-12-17/h5-14,19H,3-4,15-16H2,1-2H3,(H,22,26)(H,23,25)/t19-/m0/s1. The number of nitrogens with zero attached hydrogens (tertiary/aromatic N) is 1. The van der Waals surface area contributed by atoms with Gasteiger partial charge in [0.2, 0.25) is 11.8 Å². The van der Waals surface area contributed by atoms with Crippen LogP contribution in [0.15, 0.2) is 60.7 Å². The smallest absolute Gasteiger partial charge is 0.242 e. The van der Waals surface area contributed by atoms with Gasteiger partial charge in [0.15, 0.2) is 0 Å². The van der Waals surface area contributed by atoms with Crippen molar-refractivity contribution in [1.82, 2.24) is 10.6 Å². The molecule has 2 rings (SSSR count). The monoisotopic (exact) mass is 353 g/mol. The summed E-state index contributed by atoms with van der Waals surface area (Å²) in [7, 11) is 0. The number of nitrogens with one attached hydrogen (secondary N) is 2. The van der Waals surface area contributed by atoms with Crippen LogP contribution in [0.3, 0.4) is 0 Å². The number of rotatable bonds is 9. The lowest BCUT2D eigenvalue weighted by molar-refractivity contribution is -0.128. The summed E-state index contributed by atoms with van der Waals surface area (Å²) in [6.45, 7) is 5.11. The Labute approximate surface area is 155 Å². The molecule has 5 heteroatoms. The number of para-hydroxylation sites is 1. The first-order valence-corrected chi connectivity index (χ1v) is 9.05. The van der Waals surface area contributed by atoms with Gasteiger partial charge in [-0.15, -0.1) is 0 Å². The number of carbonyl (C=O) groups is 2. The van der Waals surface area contributed by atoms with Crippen LogP contribution in [0.4, 0.5) is 5.69 Å². The summed E-state index contributed by atoms with van der Waals surface area (Å²) in [5.74, 6) is -0.305. The van der Waals surface area contributed by atoms with E-state index in [9.17, 15) is 9.59 Å². The predicted molar refractivity (Wildman–Crippen MR) is 105 cm³/mol. The first-order chi connectivity index (χ1) is 12.6. The zero-order chi connectivity index (χ0) is 18.8. The highest BCUT2D eigenvalue weighted by atomic mass is 16.2. The SMILES string of the molecule is CCNC(=O)[C@H](CC)NC(=O)CN(Cc1ccccc1)c1ccccc1. The minimum atomic E-state index is -0.503. The summed E-state index contributed by atoms with van der Waals surface area (Å²) in [5.41, 5.74) is 2.09. The molecule has 0 aliphatic rings. The first kappa shape index (κ1) is 19.5. The van der Waals surface area contributed by atoms with E-state index in [0.717, 1.165) is 11.3 Å². The molecular formula is C21H27N3O2. The molecule has 2 N–H and O–H groups in total. The zero-order valence-corrected chi connectivity index (χ0v) is 15.4. The van der Waals surface area contributed by atoms with Crippen molar-refractivity contribution >= 4 is 17.5 Å². The fourth-order valence-electron chi connectivity index (χ4n) is 2.74. The van der Waals surface area contributed by atoms with E-state index in [1.54, 1.807) is 0 Å². The predicted octanol–water partition coefficient (Wildman–Crippen LogP) is 2.72. The molecule has 5 nitrogen and oxygen atoms in total. The van der Waals surface area contributed by atoms with Crippen molar-refractivity contribution < 1.29 is 9.59 Å². The lowest BCUT2D eigenvalue weighted by Crippen LogP contribution is -2.49. The minimum Gasteiger partial charge on any atom is -0.358 e. The summed E-state index contributed by atoms with van der Waals surface area (Å²) < 4.78 is 0. The molecule has 0 unspecified atom stereocenters. The average Bonchev–Trinajstić information content (AvgIpc) is 2.67. The maximum Gasteiger partial charge on any atom is 0.242 e. The Bertz CT molecular complexity index is 689. The Morgan fingerprint density at radius 2 is 1.58 bits per heavy atom. The number of hydrogen-bond donors (Lipinski definition) is 2. The van der Waals surface area contributed by atoms with Crippen molar-refractivity contribution in [2.75, 3.05) is 18.0 Å². The van der Waals surface area contributed by atoms with Gasteiger partial charge in [-0.25, -0.2) is 0 Å². The molecule has 138 valence electrons. The third-order valence-corrected chi connectivity index (χ3v) is 4.08. The Hall–Kier alpha value is -2.82. The van der Waals surface area contributed by atoms with Crippen LogP contribution in [0.5, 0.6) is 0 Å². The molecule has 0 saturated heterocycles. The van der Waals surface area contributed by atoms with Crippen LogP contribution < -0.4 is 15.5 Å². The van der Waals surface area contributed by atoms with Gasteiger partial charge in [-0.05, 0) is 31.0 Å². The van der Waals surface area contributed by atoms with Crippen LogP contribution in [0.2, 0.25) is 0 Å². The highest BCUT2D eigenvalue weighted by Crippen LogP contribution is 2.16. The van der Waals surface area contributed by atoms with Gasteiger partial charge in [0.25, 0.3) is 0 Å². The highest BCUT2D eigenvalue weighted by Gasteiger charge is 2.20. The summed E-state index contributed by atoms with van der Waals surface area (Å²) in [6, 6.07) is 19.3. The summed E-state index contributed by atoms with van der Waals surface area (Å²) in [5, 5.41) is 5.60. The Morgan fingerprint density at radius 3 is 2.15 bits per heavy atom. The molecule has 26 heavy (non-hydrogen) atoms. The van der Waals surface area contributed by atoms with Gasteiger partial charge in [-0.1, -0.05) is 55.5 Å². The molecule has 0 spiro atoms.